The Bertz CT molecular complexity index is 1300. The molecular formula is C21H18N4O4S. The summed E-state index contributed by atoms with van der Waals surface area (Å²) in [5.41, 5.74) is 2.48. The number of carboxylic acid groups (broad SMARTS) is 1. The number of aromatic nitrogens is 3. The van der Waals surface area contributed by atoms with Gasteiger partial charge in [-0.05, 0) is 31.0 Å². The van der Waals surface area contributed by atoms with Crippen LogP contribution in [0.3, 0.4) is 0 Å². The molecule has 9 heteroatoms. The molecule has 5 rings (SSSR count). The Kier molecular flexibility index (Phi) is 4.21. The van der Waals surface area contributed by atoms with E-state index < -0.39 is 15.8 Å². The van der Waals surface area contributed by atoms with Crippen molar-refractivity contribution in [3.63, 3.8) is 0 Å². The van der Waals surface area contributed by atoms with Crippen LogP contribution in [-0.2, 0) is 9.84 Å². The summed E-state index contributed by atoms with van der Waals surface area (Å²) in [6, 6.07) is 10.9. The number of sulfone groups is 1. The second kappa shape index (κ2) is 6.81. The minimum atomic E-state index is -3.42. The molecule has 2 aliphatic rings. The Balaban J connectivity index is 1.81. The molecule has 0 atom stereocenters. The van der Waals surface area contributed by atoms with Crippen molar-refractivity contribution in [2.24, 2.45) is 0 Å². The standard InChI is InChI=1S/C21H18N4O4S/c26-21(27)16-13-17(24-9-11-30(28,29)12-10-24)18-19(14-5-4-6-14)23-25(20(18)22-16)15-7-2-1-3-8-15/h1-3,7-14H,4-6H2,(H,26,27). The summed E-state index contributed by atoms with van der Waals surface area (Å²) in [7, 11) is -3.42. The van der Waals surface area contributed by atoms with Gasteiger partial charge < -0.3 is 10.0 Å². The molecule has 0 radical (unpaired) electrons. The summed E-state index contributed by atoms with van der Waals surface area (Å²) in [5.74, 6) is -0.906. The van der Waals surface area contributed by atoms with Crippen molar-refractivity contribution >= 4 is 32.5 Å². The average Bonchev–Trinajstić information content (AvgIpc) is 3.06. The Morgan fingerprint density at radius 2 is 1.80 bits per heavy atom. The number of hydrogen-bond acceptors (Lipinski definition) is 6. The van der Waals surface area contributed by atoms with E-state index in [1.807, 2.05) is 30.3 Å². The Hall–Kier alpha value is -3.46. The molecule has 1 N–H and O–H groups in total. The van der Waals surface area contributed by atoms with Crippen LogP contribution in [0.15, 0.2) is 59.6 Å². The Morgan fingerprint density at radius 1 is 1.10 bits per heavy atom. The molecule has 3 heterocycles. The fourth-order valence-electron chi connectivity index (χ4n) is 3.71. The van der Waals surface area contributed by atoms with Crippen molar-refractivity contribution in [3.05, 3.63) is 71.0 Å². The topological polar surface area (TPSA) is 105 Å². The maximum atomic E-state index is 11.8. The van der Waals surface area contributed by atoms with Crippen LogP contribution >= 0.6 is 0 Å². The molecule has 8 nitrogen and oxygen atoms in total. The first-order chi connectivity index (χ1) is 14.4. The number of pyridine rings is 1. The van der Waals surface area contributed by atoms with Gasteiger partial charge in [-0.1, -0.05) is 24.6 Å². The lowest BCUT2D eigenvalue weighted by Crippen LogP contribution is -2.16. The lowest BCUT2D eigenvalue weighted by atomic mass is 9.82. The van der Waals surface area contributed by atoms with E-state index >= 15 is 0 Å². The first-order valence-electron chi connectivity index (χ1n) is 9.55. The van der Waals surface area contributed by atoms with Crippen LogP contribution in [0.25, 0.3) is 16.7 Å². The highest BCUT2D eigenvalue weighted by Crippen LogP contribution is 2.43. The summed E-state index contributed by atoms with van der Waals surface area (Å²) in [4.78, 5) is 17.8. The molecule has 1 aromatic carbocycles. The normalized spacial score (nSPS) is 17.9. The zero-order valence-electron chi connectivity index (χ0n) is 15.8. The van der Waals surface area contributed by atoms with Crippen molar-refractivity contribution in [3.8, 4) is 5.69 Å². The van der Waals surface area contributed by atoms with Gasteiger partial charge in [-0.15, -0.1) is 0 Å². The third-order valence-corrected chi connectivity index (χ3v) is 6.46. The quantitative estimate of drug-likeness (QED) is 0.685. The SMILES string of the molecule is O=C(O)c1cc(N2C=CS(=O)(=O)C=C2)c2c(C3CCC3)nn(-c3ccccc3)c2n1. The predicted molar refractivity (Wildman–Crippen MR) is 112 cm³/mol. The third kappa shape index (κ3) is 3.07. The van der Waals surface area contributed by atoms with E-state index in [0.717, 1.165) is 46.8 Å². The van der Waals surface area contributed by atoms with Crippen molar-refractivity contribution in [2.45, 2.75) is 25.2 Å². The van der Waals surface area contributed by atoms with Gasteiger partial charge in [0.1, 0.15) is 0 Å². The number of aromatic carboxylic acids is 1. The van der Waals surface area contributed by atoms with Gasteiger partial charge in [-0.2, -0.15) is 5.10 Å². The molecule has 1 aliphatic carbocycles. The van der Waals surface area contributed by atoms with Gasteiger partial charge in [-0.25, -0.2) is 22.9 Å². The largest absolute Gasteiger partial charge is 0.477 e. The van der Waals surface area contributed by atoms with Gasteiger partial charge in [0.05, 0.1) is 33.3 Å². The third-order valence-electron chi connectivity index (χ3n) is 5.46. The van der Waals surface area contributed by atoms with E-state index in [0.29, 0.717) is 11.3 Å². The van der Waals surface area contributed by atoms with E-state index in [9.17, 15) is 18.3 Å². The molecule has 152 valence electrons. The highest BCUT2D eigenvalue weighted by molar-refractivity contribution is 7.97. The second-order valence-corrected chi connectivity index (χ2v) is 9.08. The summed E-state index contributed by atoms with van der Waals surface area (Å²) >= 11 is 0. The van der Waals surface area contributed by atoms with E-state index in [1.165, 1.54) is 18.5 Å². The van der Waals surface area contributed by atoms with E-state index in [-0.39, 0.29) is 11.6 Å². The minimum Gasteiger partial charge on any atom is -0.477 e. The number of fused-ring (bicyclic) bond motifs is 1. The number of carboxylic acids is 1. The lowest BCUT2D eigenvalue weighted by molar-refractivity contribution is 0.0691. The molecule has 1 aliphatic heterocycles. The zero-order valence-corrected chi connectivity index (χ0v) is 16.7. The van der Waals surface area contributed by atoms with Crippen LogP contribution in [0, 0.1) is 0 Å². The number of carbonyl (C=O) groups is 1. The molecule has 0 amide bonds. The van der Waals surface area contributed by atoms with Gasteiger partial charge in [-0.3, -0.25) is 0 Å². The summed E-state index contributed by atoms with van der Waals surface area (Å²) in [6.07, 6.45) is 5.95. The maximum absolute atomic E-state index is 11.8. The summed E-state index contributed by atoms with van der Waals surface area (Å²) in [6.45, 7) is 0. The predicted octanol–water partition coefficient (Wildman–Crippen LogP) is 3.56. The van der Waals surface area contributed by atoms with E-state index in [1.54, 1.807) is 9.58 Å². The Morgan fingerprint density at radius 3 is 2.40 bits per heavy atom. The minimum absolute atomic E-state index is 0.134. The molecule has 0 bridgehead atoms. The fourth-order valence-corrected chi connectivity index (χ4v) is 4.40. The molecule has 3 aromatic rings. The van der Waals surface area contributed by atoms with Gasteiger partial charge in [0, 0.05) is 18.3 Å². The average molecular weight is 422 g/mol. The number of para-hydroxylation sites is 1. The van der Waals surface area contributed by atoms with Gasteiger partial charge in [0.2, 0.25) is 0 Å². The number of anilines is 1. The zero-order chi connectivity index (χ0) is 20.9. The van der Waals surface area contributed by atoms with Crippen molar-refractivity contribution in [1.29, 1.82) is 0 Å². The Labute approximate surface area is 172 Å². The number of rotatable bonds is 4. The monoisotopic (exact) mass is 422 g/mol. The number of hydrogen-bond donors (Lipinski definition) is 1. The number of nitrogens with zero attached hydrogens (tertiary/aromatic N) is 4. The highest BCUT2D eigenvalue weighted by atomic mass is 32.2. The molecule has 0 saturated heterocycles. The first kappa shape index (κ1) is 18.6. The second-order valence-electron chi connectivity index (χ2n) is 7.36. The summed E-state index contributed by atoms with van der Waals surface area (Å²) in [5, 5.41) is 17.4. The maximum Gasteiger partial charge on any atom is 0.354 e. The van der Waals surface area contributed by atoms with Crippen LogP contribution in [0.1, 0.15) is 41.4 Å². The van der Waals surface area contributed by atoms with Crippen LogP contribution in [0.5, 0.6) is 0 Å². The van der Waals surface area contributed by atoms with Crippen molar-refractivity contribution in [1.82, 2.24) is 14.8 Å². The molecule has 0 unspecified atom stereocenters. The van der Waals surface area contributed by atoms with Crippen molar-refractivity contribution < 1.29 is 18.3 Å². The van der Waals surface area contributed by atoms with Gasteiger partial charge >= 0.3 is 5.97 Å². The molecular weight excluding hydrogens is 404 g/mol. The first-order valence-corrected chi connectivity index (χ1v) is 11.2. The van der Waals surface area contributed by atoms with Crippen LogP contribution < -0.4 is 4.90 Å². The van der Waals surface area contributed by atoms with E-state index in [2.05, 4.69) is 4.98 Å². The van der Waals surface area contributed by atoms with Crippen molar-refractivity contribution in [2.75, 3.05) is 4.90 Å². The number of benzene rings is 1. The molecule has 2 aromatic heterocycles. The molecule has 0 spiro atoms. The molecule has 1 fully saturated rings. The van der Waals surface area contributed by atoms with Gasteiger partial charge in [0.25, 0.3) is 0 Å². The van der Waals surface area contributed by atoms with Crippen LogP contribution in [0.4, 0.5) is 5.69 Å². The lowest BCUT2D eigenvalue weighted by Gasteiger charge is -2.25. The van der Waals surface area contributed by atoms with Crippen LogP contribution in [-0.4, -0.2) is 34.3 Å². The molecule has 30 heavy (non-hydrogen) atoms. The smallest absolute Gasteiger partial charge is 0.354 e. The molecule has 1 saturated carbocycles. The van der Waals surface area contributed by atoms with Gasteiger partial charge in [0.15, 0.2) is 21.2 Å². The van der Waals surface area contributed by atoms with Crippen LogP contribution in [0.2, 0.25) is 0 Å². The fraction of sp³-hybridized carbons (Fsp3) is 0.190. The highest BCUT2D eigenvalue weighted by Gasteiger charge is 2.30. The summed E-state index contributed by atoms with van der Waals surface area (Å²) < 4.78 is 25.2. The van der Waals surface area contributed by atoms with E-state index in [4.69, 9.17) is 5.10 Å².